The van der Waals surface area contributed by atoms with Crippen LogP contribution in [0.15, 0.2) is 94.5 Å². The molecule has 0 bridgehead atoms. The Morgan fingerprint density at radius 1 is 0.483 bits per heavy atom. The summed E-state index contributed by atoms with van der Waals surface area (Å²) >= 11 is 3.20. The number of carbonyl (C=O) groups excluding carboxylic acids is 2. The third-order valence-corrected chi connectivity index (χ3v) is 12.1. The molecule has 0 aliphatic carbocycles. The highest BCUT2D eigenvalue weighted by molar-refractivity contribution is 7.24. The Morgan fingerprint density at radius 3 is 1.33 bits per heavy atom. The largest absolute Gasteiger partial charge is 0.494 e. The molecular weight excluding hydrogens is 805 g/mol. The van der Waals surface area contributed by atoms with Crippen LogP contribution in [0.2, 0.25) is 0 Å². The van der Waals surface area contributed by atoms with Gasteiger partial charge in [-0.2, -0.15) is 0 Å². The lowest BCUT2D eigenvalue weighted by Gasteiger charge is -2.16. The van der Waals surface area contributed by atoms with E-state index >= 15 is 0 Å². The van der Waals surface area contributed by atoms with E-state index < -0.39 is 0 Å². The number of benzene rings is 4. The van der Waals surface area contributed by atoms with E-state index in [1.54, 1.807) is 22.7 Å². The number of nitrogens with zero attached hydrogens (tertiary/aromatic N) is 2. The van der Waals surface area contributed by atoms with Crippen molar-refractivity contribution in [2.24, 2.45) is 0 Å². The van der Waals surface area contributed by atoms with E-state index in [4.69, 9.17) is 28.4 Å². The zero-order valence-electron chi connectivity index (χ0n) is 34.2. The Bertz CT molecular complexity index is 2300. The van der Waals surface area contributed by atoms with Gasteiger partial charge in [-0.3, -0.25) is 19.2 Å². The maximum atomic E-state index is 12.9. The lowest BCUT2D eigenvalue weighted by Crippen LogP contribution is -2.25. The van der Waals surface area contributed by atoms with Crippen LogP contribution in [-0.4, -0.2) is 115 Å². The van der Waals surface area contributed by atoms with Gasteiger partial charge in [-0.05, 0) is 87.6 Å². The van der Waals surface area contributed by atoms with Crippen LogP contribution in [-0.2, 0) is 28.5 Å². The Hall–Kier alpha value is -4.96. The molecule has 0 spiro atoms. The van der Waals surface area contributed by atoms with Gasteiger partial charge in [0, 0.05) is 66.5 Å². The Morgan fingerprint density at radius 2 is 0.883 bits per heavy atom. The van der Waals surface area contributed by atoms with Crippen LogP contribution in [0, 0.1) is 0 Å². The second kappa shape index (κ2) is 23.1. The molecule has 6 rings (SSSR count). The minimum atomic E-state index is -0.287. The van der Waals surface area contributed by atoms with Crippen molar-refractivity contribution in [2.45, 2.75) is 25.7 Å². The molecule has 0 amide bonds. The molecule has 318 valence electrons. The third-order valence-electron chi connectivity index (χ3n) is 9.75. The summed E-state index contributed by atoms with van der Waals surface area (Å²) in [5.41, 5.74) is 0.0403. The SMILES string of the molecule is CN(CCCOc1ccc2sc3ccccc3c(=O)c2c1)CCC(=O)OCCOCCOCCOC(=O)CCN(C)CCCOc1ccc2sc3ccccc3c(=O)c2c1. The first-order chi connectivity index (χ1) is 29.2. The standard InChI is InChI=1S/C46H52N2O10S2/c1-47(19-7-23-55-33-13-15-41-37(31-33)45(51)35-9-3-5-11-39(35)59-41)21-17-43(49)57-29-27-53-25-26-54-28-30-58-44(50)18-22-48(2)20-8-24-56-34-14-16-42-38(32-34)46(52)36-10-4-6-12-40(36)60-42/h3-6,9-16,31-32H,7-8,17-30H2,1-2H3. The number of hydrogen-bond acceptors (Lipinski definition) is 14. The van der Waals surface area contributed by atoms with Gasteiger partial charge in [0.15, 0.2) is 10.9 Å². The summed E-state index contributed by atoms with van der Waals surface area (Å²) in [7, 11) is 3.90. The van der Waals surface area contributed by atoms with Gasteiger partial charge in [-0.1, -0.05) is 24.3 Å². The van der Waals surface area contributed by atoms with Crippen molar-refractivity contribution in [1.82, 2.24) is 9.80 Å². The van der Waals surface area contributed by atoms with E-state index in [-0.39, 0.29) is 62.1 Å². The van der Waals surface area contributed by atoms with E-state index in [1.165, 1.54) is 0 Å². The molecule has 0 radical (unpaired) electrons. The summed E-state index contributed by atoms with van der Waals surface area (Å²) in [6, 6.07) is 26.6. The number of ether oxygens (including phenoxy) is 6. The molecule has 0 unspecified atom stereocenters. The third kappa shape index (κ3) is 13.3. The number of hydrogen-bond donors (Lipinski definition) is 0. The van der Waals surface area contributed by atoms with Gasteiger partial charge < -0.3 is 38.2 Å². The highest BCUT2D eigenvalue weighted by atomic mass is 32.1. The zero-order chi connectivity index (χ0) is 42.1. The molecular formula is C46H52N2O10S2. The van der Waals surface area contributed by atoms with Crippen molar-refractivity contribution in [1.29, 1.82) is 0 Å². The molecule has 0 atom stereocenters. The fourth-order valence-electron chi connectivity index (χ4n) is 6.48. The normalized spacial score (nSPS) is 11.6. The molecule has 0 saturated carbocycles. The molecule has 2 aromatic heterocycles. The van der Waals surface area contributed by atoms with E-state index in [1.807, 2.05) is 99.0 Å². The van der Waals surface area contributed by atoms with Crippen molar-refractivity contribution in [2.75, 3.05) is 93.1 Å². The van der Waals surface area contributed by atoms with Crippen LogP contribution in [0.3, 0.4) is 0 Å². The van der Waals surface area contributed by atoms with Crippen LogP contribution < -0.4 is 20.3 Å². The summed E-state index contributed by atoms with van der Waals surface area (Å²) in [6.07, 6.45) is 2.07. The van der Waals surface area contributed by atoms with Crippen LogP contribution in [0.4, 0.5) is 0 Å². The van der Waals surface area contributed by atoms with Gasteiger partial charge in [0.2, 0.25) is 0 Å². The summed E-state index contributed by atoms with van der Waals surface area (Å²) < 4.78 is 37.2. The first-order valence-corrected chi connectivity index (χ1v) is 21.9. The average molecular weight is 857 g/mol. The second-order valence-corrected chi connectivity index (χ2v) is 16.5. The molecule has 60 heavy (non-hydrogen) atoms. The fraction of sp³-hybridized carbons (Fsp3) is 0.391. The predicted molar refractivity (Wildman–Crippen MR) is 239 cm³/mol. The van der Waals surface area contributed by atoms with Gasteiger partial charge in [0.05, 0.1) is 52.5 Å². The quantitative estimate of drug-likeness (QED) is 0.0330. The highest BCUT2D eigenvalue weighted by Gasteiger charge is 2.11. The molecule has 0 saturated heterocycles. The molecule has 0 fully saturated rings. The summed E-state index contributed by atoms with van der Waals surface area (Å²) in [5.74, 6) is 0.767. The Labute approximate surface area is 357 Å². The maximum absolute atomic E-state index is 12.9. The highest BCUT2D eigenvalue weighted by Crippen LogP contribution is 2.28. The molecule has 6 aromatic rings. The number of rotatable bonds is 25. The molecule has 2 heterocycles. The monoisotopic (exact) mass is 856 g/mol. The van der Waals surface area contributed by atoms with Crippen LogP contribution in [0.25, 0.3) is 40.3 Å². The Balaban J connectivity index is 0.712. The lowest BCUT2D eigenvalue weighted by atomic mass is 10.2. The first kappa shape index (κ1) is 44.6. The minimum absolute atomic E-state index is 0.0201. The van der Waals surface area contributed by atoms with Crippen molar-refractivity contribution >= 4 is 75.0 Å². The lowest BCUT2D eigenvalue weighted by molar-refractivity contribution is -0.147. The summed E-state index contributed by atoms with van der Waals surface area (Å²) in [6.45, 7) is 5.12. The van der Waals surface area contributed by atoms with Crippen molar-refractivity contribution in [3.05, 3.63) is 105 Å². The predicted octanol–water partition coefficient (Wildman–Crippen LogP) is 7.14. The van der Waals surface area contributed by atoms with E-state index in [0.29, 0.717) is 61.8 Å². The van der Waals surface area contributed by atoms with Gasteiger partial charge in [0.1, 0.15) is 24.7 Å². The maximum Gasteiger partial charge on any atom is 0.307 e. The summed E-state index contributed by atoms with van der Waals surface area (Å²) in [5, 5.41) is 2.79. The number of fused-ring (bicyclic) bond motifs is 4. The van der Waals surface area contributed by atoms with Gasteiger partial charge >= 0.3 is 11.9 Å². The van der Waals surface area contributed by atoms with Crippen LogP contribution in [0.5, 0.6) is 11.5 Å². The van der Waals surface area contributed by atoms with E-state index in [0.717, 1.165) is 55.5 Å². The van der Waals surface area contributed by atoms with E-state index in [9.17, 15) is 19.2 Å². The number of carbonyl (C=O) groups is 2. The van der Waals surface area contributed by atoms with Crippen molar-refractivity contribution < 1.29 is 38.0 Å². The molecule has 14 heteroatoms. The Kier molecular flexibility index (Phi) is 17.2. The fourth-order valence-corrected chi connectivity index (χ4v) is 8.58. The molecule has 0 N–H and O–H groups in total. The van der Waals surface area contributed by atoms with Crippen LogP contribution in [0.1, 0.15) is 25.7 Å². The van der Waals surface area contributed by atoms with Crippen LogP contribution >= 0.6 is 22.7 Å². The van der Waals surface area contributed by atoms with Gasteiger partial charge in [0.25, 0.3) is 0 Å². The zero-order valence-corrected chi connectivity index (χ0v) is 35.8. The summed E-state index contributed by atoms with van der Waals surface area (Å²) in [4.78, 5) is 54.3. The van der Waals surface area contributed by atoms with Crippen molar-refractivity contribution in [3.8, 4) is 11.5 Å². The topological polar surface area (TPSA) is 130 Å². The molecule has 12 nitrogen and oxygen atoms in total. The smallest absolute Gasteiger partial charge is 0.307 e. The van der Waals surface area contributed by atoms with Crippen molar-refractivity contribution in [3.63, 3.8) is 0 Å². The molecule has 0 aliphatic heterocycles. The molecule has 4 aromatic carbocycles. The van der Waals surface area contributed by atoms with Gasteiger partial charge in [-0.25, -0.2) is 0 Å². The average Bonchev–Trinajstić information content (AvgIpc) is 3.26. The number of esters is 2. The second-order valence-electron chi connectivity index (χ2n) is 14.3. The van der Waals surface area contributed by atoms with Gasteiger partial charge in [-0.15, -0.1) is 22.7 Å². The first-order valence-electron chi connectivity index (χ1n) is 20.3. The molecule has 0 aliphatic rings. The minimum Gasteiger partial charge on any atom is -0.494 e. The van der Waals surface area contributed by atoms with E-state index in [2.05, 4.69) is 9.80 Å².